The predicted octanol–water partition coefficient (Wildman–Crippen LogP) is 3.27. The van der Waals surface area contributed by atoms with Gasteiger partial charge in [0, 0.05) is 42.9 Å². The van der Waals surface area contributed by atoms with Gasteiger partial charge in [-0.05, 0) is 23.8 Å². The lowest BCUT2D eigenvalue weighted by Crippen LogP contribution is -2.45. The Morgan fingerprint density at radius 1 is 1.22 bits per heavy atom. The SMILES string of the molecule is CC[Si](C)(C)c1c(F)cc(CC(=O)[C@H]2c3ccc(COC)nc3CCN2C(=O)c2cc(=O)[nH]o2)cc1F. The third-order valence-electron chi connectivity index (χ3n) is 6.90. The highest BCUT2D eigenvalue weighted by molar-refractivity contribution is 6.89. The van der Waals surface area contributed by atoms with Crippen LogP contribution in [0.4, 0.5) is 8.78 Å². The van der Waals surface area contributed by atoms with E-state index in [2.05, 4.69) is 10.1 Å². The number of hydrogen-bond donors (Lipinski definition) is 1. The van der Waals surface area contributed by atoms with E-state index in [1.54, 1.807) is 19.2 Å². The Bertz CT molecular complexity index is 1380. The molecule has 1 amide bonds. The van der Waals surface area contributed by atoms with Gasteiger partial charge in [0.2, 0.25) is 5.76 Å². The van der Waals surface area contributed by atoms with Gasteiger partial charge in [-0.1, -0.05) is 32.1 Å². The van der Waals surface area contributed by atoms with E-state index in [0.717, 1.165) is 6.07 Å². The Morgan fingerprint density at radius 2 is 1.92 bits per heavy atom. The van der Waals surface area contributed by atoms with E-state index < -0.39 is 43.0 Å². The lowest BCUT2D eigenvalue weighted by Gasteiger charge is -2.35. The largest absolute Gasteiger partial charge is 0.378 e. The molecule has 0 aliphatic carbocycles. The number of methoxy groups -OCH3 is 1. The molecule has 2 aromatic heterocycles. The smallest absolute Gasteiger partial charge is 0.293 e. The van der Waals surface area contributed by atoms with Crippen LogP contribution >= 0.6 is 0 Å². The van der Waals surface area contributed by atoms with Crippen LogP contribution in [0.3, 0.4) is 0 Å². The fourth-order valence-electron chi connectivity index (χ4n) is 4.70. The molecule has 3 heterocycles. The molecule has 4 rings (SSSR count). The first-order chi connectivity index (χ1) is 17.6. The number of hydrogen-bond acceptors (Lipinski definition) is 6. The summed E-state index contributed by atoms with van der Waals surface area (Å²) in [6.07, 6.45) is 0.0682. The molecule has 3 aromatic rings. The molecule has 196 valence electrons. The molecule has 11 heteroatoms. The molecule has 1 aliphatic rings. The summed E-state index contributed by atoms with van der Waals surface area (Å²) < 4.78 is 40.2. The summed E-state index contributed by atoms with van der Waals surface area (Å²) >= 11 is 0. The molecule has 1 aromatic carbocycles. The van der Waals surface area contributed by atoms with E-state index in [1.165, 1.54) is 17.0 Å². The highest BCUT2D eigenvalue weighted by atomic mass is 28.3. The molecule has 1 N–H and O–H groups in total. The van der Waals surface area contributed by atoms with Gasteiger partial charge in [-0.2, -0.15) is 5.16 Å². The Balaban J connectivity index is 1.71. The van der Waals surface area contributed by atoms with E-state index in [1.807, 2.05) is 20.0 Å². The number of halogens is 2. The highest BCUT2D eigenvalue weighted by Gasteiger charge is 2.38. The van der Waals surface area contributed by atoms with Crippen molar-refractivity contribution in [1.82, 2.24) is 15.0 Å². The van der Waals surface area contributed by atoms with Gasteiger partial charge < -0.3 is 14.2 Å². The number of amides is 1. The van der Waals surface area contributed by atoms with Crippen molar-refractivity contribution in [3.63, 3.8) is 0 Å². The van der Waals surface area contributed by atoms with Crippen LogP contribution in [0.25, 0.3) is 0 Å². The fourth-order valence-corrected chi connectivity index (χ4v) is 6.49. The molecule has 0 saturated heterocycles. The number of aromatic nitrogens is 2. The number of fused-ring (bicyclic) bond motifs is 1. The van der Waals surface area contributed by atoms with Gasteiger partial charge in [0.1, 0.15) is 17.7 Å². The number of nitrogens with zero attached hydrogens (tertiary/aromatic N) is 2. The Labute approximate surface area is 213 Å². The molecular formula is C26H29F2N3O5Si. The van der Waals surface area contributed by atoms with Crippen molar-refractivity contribution in [2.75, 3.05) is 13.7 Å². The van der Waals surface area contributed by atoms with Gasteiger partial charge in [-0.15, -0.1) is 0 Å². The summed E-state index contributed by atoms with van der Waals surface area (Å²) in [5.74, 6) is -2.63. The highest BCUT2D eigenvalue weighted by Crippen LogP contribution is 2.32. The van der Waals surface area contributed by atoms with Crippen LogP contribution in [0.2, 0.25) is 19.1 Å². The molecule has 0 radical (unpaired) electrons. The third kappa shape index (κ3) is 5.32. The normalized spacial score (nSPS) is 15.5. The van der Waals surface area contributed by atoms with Crippen LogP contribution in [0.5, 0.6) is 0 Å². The molecule has 0 spiro atoms. The van der Waals surface area contributed by atoms with Crippen molar-refractivity contribution in [3.8, 4) is 0 Å². The van der Waals surface area contributed by atoms with Crippen LogP contribution in [0, 0.1) is 11.6 Å². The zero-order valence-electron chi connectivity index (χ0n) is 21.2. The number of H-pyrrole nitrogens is 1. The summed E-state index contributed by atoms with van der Waals surface area (Å²) in [4.78, 5) is 44.3. The number of ketones is 1. The summed E-state index contributed by atoms with van der Waals surface area (Å²) in [6.45, 7) is 6.12. The van der Waals surface area contributed by atoms with E-state index >= 15 is 8.78 Å². The van der Waals surface area contributed by atoms with Crippen LogP contribution < -0.4 is 10.7 Å². The molecule has 37 heavy (non-hydrogen) atoms. The number of rotatable bonds is 8. The van der Waals surface area contributed by atoms with Crippen molar-refractivity contribution in [1.29, 1.82) is 0 Å². The quantitative estimate of drug-likeness (QED) is 0.449. The Kier molecular flexibility index (Phi) is 7.56. The first-order valence-electron chi connectivity index (χ1n) is 12.0. The summed E-state index contributed by atoms with van der Waals surface area (Å²) in [6, 6.07) is 6.45. The number of aromatic amines is 1. The number of ether oxygens (including phenoxy) is 1. The van der Waals surface area contributed by atoms with Gasteiger partial charge in [-0.25, -0.2) is 8.78 Å². The molecule has 0 bridgehead atoms. The van der Waals surface area contributed by atoms with Crippen LogP contribution in [-0.2, 0) is 29.0 Å². The molecule has 1 aliphatic heterocycles. The standard InChI is InChI=1S/C26H29F2N3O5Si/c1-5-37(3,4)25-18(27)10-15(11-19(25)28)12-21(32)24-17-7-6-16(14-35-2)29-20(17)8-9-31(24)26(34)22-13-23(33)30-36-22/h6-7,10-11,13,24H,5,8-9,12,14H2,1-4H3,(H,30,33)/t24-/m1/s1. The van der Waals surface area contributed by atoms with Gasteiger partial charge in [0.05, 0.1) is 26.4 Å². The predicted molar refractivity (Wildman–Crippen MR) is 134 cm³/mol. The number of nitrogens with one attached hydrogen (secondary N) is 1. The number of Topliss-reactive ketones (excluding diaryl/α,β-unsaturated/α-hetero) is 1. The maximum atomic E-state index is 15.0. The maximum Gasteiger partial charge on any atom is 0.293 e. The van der Waals surface area contributed by atoms with Gasteiger partial charge in [0.15, 0.2) is 5.78 Å². The van der Waals surface area contributed by atoms with Crippen molar-refractivity contribution >= 4 is 25.0 Å². The van der Waals surface area contributed by atoms with Crippen molar-refractivity contribution in [2.24, 2.45) is 0 Å². The molecule has 0 unspecified atom stereocenters. The second-order valence-electron chi connectivity index (χ2n) is 9.81. The molecule has 1 atom stereocenters. The zero-order chi connectivity index (χ0) is 26.9. The minimum atomic E-state index is -2.30. The second-order valence-corrected chi connectivity index (χ2v) is 14.8. The average Bonchev–Trinajstić information content (AvgIpc) is 3.28. The fraction of sp³-hybridized carbons (Fsp3) is 0.385. The van der Waals surface area contributed by atoms with Crippen molar-refractivity contribution in [3.05, 3.63) is 80.6 Å². The van der Waals surface area contributed by atoms with Gasteiger partial charge >= 0.3 is 0 Å². The minimum Gasteiger partial charge on any atom is -0.378 e. The van der Waals surface area contributed by atoms with Crippen molar-refractivity contribution < 1.29 is 27.6 Å². The molecular weight excluding hydrogens is 500 g/mol. The van der Waals surface area contributed by atoms with E-state index in [4.69, 9.17) is 9.26 Å². The molecule has 8 nitrogen and oxygen atoms in total. The van der Waals surface area contributed by atoms with Crippen LogP contribution in [-0.4, -0.2) is 48.5 Å². The third-order valence-corrected chi connectivity index (χ3v) is 10.5. The number of carbonyl (C=O) groups excluding carboxylic acids is 2. The van der Waals surface area contributed by atoms with E-state index in [9.17, 15) is 14.4 Å². The number of carbonyl (C=O) groups is 2. The summed E-state index contributed by atoms with van der Waals surface area (Å²) in [7, 11) is -0.756. The Morgan fingerprint density at radius 3 is 2.51 bits per heavy atom. The molecule has 0 saturated carbocycles. The number of benzene rings is 1. The lowest BCUT2D eigenvalue weighted by atomic mass is 9.90. The van der Waals surface area contributed by atoms with E-state index in [0.29, 0.717) is 29.4 Å². The monoisotopic (exact) mass is 529 g/mol. The first-order valence-corrected chi connectivity index (χ1v) is 15.2. The second kappa shape index (κ2) is 10.5. The van der Waals surface area contributed by atoms with Gasteiger partial charge in [0.25, 0.3) is 11.5 Å². The minimum absolute atomic E-state index is 0.114. The van der Waals surface area contributed by atoms with E-state index in [-0.39, 0.29) is 36.1 Å². The lowest BCUT2D eigenvalue weighted by molar-refractivity contribution is -0.123. The topological polar surface area (TPSA) is 105 Å². The zero-order valence-corrected chi connectivity index (χ0v) is 22.2. The summed E-state index contributed by atoms with van der Waals surface area (Å²) in [5, 5.41) is 2.19. The molecule has 0 fully saturated rings. The Hall–Kier alpha value is -3.44. The van der Waals surface area contributed by atoms with Crippen LogP contribution in [0.15, 0.2) is 39.6 Å². The first kappa shape index (κ1) is 26.6. The van der Waals surface area contributed by atoms with Gasteiger partial charge in [-0.3, -0.25) is 19.4 Å². The van der Waals surface area contributed by atoms with Crippen LogP contribution in [0.1, 0.15) is 46.0 Å². The average molecular weight is 530 g/mol. The van der Waals surface area contributed by atoms with Crippen molar-refractivity contribution in [2.45, 2.75) is 51.6 Å². The number of pyridine rings is 1. The maximum absolute atomic E-state index is 15.0. The summed E-state index contributed by atoms with van der Waals surface area (Å²) in [5.41, 5.74) is 1.42.